The third kappa shape index (κ3) is 8.15. The van der Waals surface area contributed by atoms with Crippen molar-refractivity contribution in [3.05, 3.63) is 62.1 Å². The molecule has 12 heteroatoms. The Morgan fingerprint density at radius 2 is 1.66 bits per heavy atom. The topological polar surface area (TPSA) is 86.8 Å². The van der Waals surface area contributed by atoms with Crippen LogP contribution in [0.4, 0.5) is 5.69 Å². The number of halogens is 4. The van der Waals surface area contributed by atoms with Gasteiger partial charge in [-0.25, -0.2) is 8.42 Å². The molecule has 2 aromatic carbocycles. The second-order valence-corrected chi connectivity index (χ2v) is 11.4. The van der Waals surface area contributed by atoms with E-state index < -0.39 is 16.1 Å². The van der Waals surface area contributed by atoms with E-state index in [0.29, 0.717) is 27.2 Å². The molecule has 2 rings (SSSR count). The number of hydrogen-bond acceptors (Lipinski definition) is 4. The zero-order valence-electron chi connectivity index (χ0n) is 19.5. The van der Waals surface area contributed by atoms with Crippen LogP contribution in [0.15, 0.2) is 36.4 Å². The maximum absolute atomic E-state index is 13.3. The van der Waals surface area contributed by atoms with Crippen molar-refractivity contribution in [1.29, 1.82) is 0 Å². The number of rotatable bonds is 11. The van der Waals surface area contributed by atoms with Crippen molar-refractivity contribution in [2.24, 2.45) is 0 Å². The van der Waals surface area contributed by atoms with Gasteiger partial charge in [0.2, 0.25) is 21.8 Å². The highest BCUT2D eigenvalue weighted by Crippen LogP contribution is 2.31. The molecule has 1 N–H and O–H groups in total. The average molecular weight is 583 g/mol. The van der Waals surface area contributed by atoms with Crippen LogP contribution in [0, 0.1) is 0 Å². The highest BCUT2D eigenvalue weighted by atomic mass is 35.5. The van der Waals surface area contributed by atoms with Crippen LogP contribution in [0.1, 0.15) is 32.3 Å². The largest absolute Gasteiger partial charge is 0.355 e. The first kappa shape index (κ1) is 29.5. The Morgan fingerprint density at radius 3 is 2.23 bits per heavy atom. The Kier molecular flexibility index (Phi) is 11.0. The number of hydrogen-bond donors (Lipinski definition) is 1. The summed E-state index contributed by atoms with van der Waals surface area (Å²) in [5, 5.41) is 3.99. The molecule has 0 aliphatic rings. The maximum Gasteiger partial charge on any atom is 0.242 e. The van der Waals surface area contributed by atoms with Crippen LogP contribution in [-0.4, -0.2) is 50.5 Å². The Hall–Kier alpha value is -1.71. The van der Waals surface area contributed by atoms with E-state index in [-0.39, 0.29) is 48.5 Å². The predicted molar refractivity (Wildman–Crippen MR) is 143 cm³/mol. The van der Waals surface area contributed by atoms with Crippen LogP contribution in [0.25, 0.3) is 0 Å². The fourth-order valence-corrected chi connectivity index (χ4v) is 5.34. The maximum atomic E-state index is 13.3. The van der Waals surface area contributed by atoms with E-state index in [4.69, 9.17) is 46.4 Å². The summed E-state index contributed by atoms with van der Waals surface area (Å²) in [6, 6.07) is 8.71. The molecule has 0 saturated heterocycles. The van der Waals surface area contributed by atoms with Gasteiger partial charge >= 0.3 is 0 Å². The highest BCUT2D eigenvalue weighted by Gasteiger charge is 2.28. The van der Waals surface area contributed by atoms with E-state index in [1.54, 1.807) is 38.1 Å². The monoisotopic (exact) mass is 581 g/mol. The standard InChI is InChI=1S/C23H27Cl4N3O4S/c1-4-28-23(32)15(2)29(14-17-18(25)7-5-8-19(17)26)22(31)9-6-12-30(35(3,33)34)21-13-16(24)10-11-20(21)27/h5,7-8,10-11,13,15H,4,6,9,12,14H2,1-3H3,(H,28,32)/t15-/m1/s1. The van der Waals surface area contributed by atoms with Crippen molar-refractivity contribution in [3.63, 3.8) is 0 Å². The third-order valence-corrected chi connectivity index (χ3v) is 7.68. The van der Waals surface area contributed by atoms with Crippen LogP contribution in [0.5, 0.6) is 0 Å². The normalized spacial score (nSPS) is 12.2. The first-order valence-corrected chi connectivity index (χ1v) is 14.2. The van der Waals surface area contributed by atoms with Gasteiger partial charge in [0.25, 0.3) is 0 Å². The summed E-state index contributed by atoms with van der Waals surface area (Å²) in [5.74, 6) is -0.683. The van der Waals surface area contributed by atoms with E-state index in [0.717, 1.165) is 10.6 Å². The highest BCUT2D eigenvalue weighted by molar-refractivity contribution is 7.92. The number of nitrogens with one attached hydrogen (secondary N) is 1. The zero-order valence-corrected chi connectivity index (χ0v) is 23.4. The van der Waals surface area contributed by atoms with Crippen LogP contribution in [0.2, 0.25) is 20.1 Å². The van der Waals surface area contributed by atoms with E-state index in [1.807, 2.05) is 0 Å². The number of likely N-dealkylation sites (N-methyl/N-ethyl adjacent to an activating group) is 1. The molecule has 0 spiro atoms. The van der Waals surface area contributed by atoms with Gasteiger partial charge in [0.05, 0.1) is 17.0 Å². The minimum Gasteiger partial charge on any atom is -0.355 e. The SMILES string of the molecule is CCNC(=O)[C@@H](C)N(Cc1c(Cl)cccc1Cl)C(=O)CCCN(c1cc(Cl)ccc1Cl)S(C)(=O)=O. The van der Waals surface area contributed by atoms with Crippen molar-refractivity contribution >= 4 is 73.9 Å². The van der Waals surface area contributed by atoms with E-state index >= 15 is 0 Å². The number of amides is 2. The molecule has 0 bridgehead atoms. The van der Waals surface area contributed by atoms with Gasteiger partial charge < -0.3 is 10.2 Å². The minimum atomic E-state index is -3.71. The van der Waals surface area contributed by atoms with E-state index in [9.17, 15) is 18.0 Å². The summed E-state index contributed by atoms with van der Waals surface area (Å²) in [6.45, 7) is 3.80. The van der Waals surface area contributed by atoms with Crippen LogP contribution < -0.4 is 9.62 Å². The molecule has 0 aliphatic carbocycles. The Bertz CT molecular complexity index is 1160. The average Bonchev–Trinajstić information content (AvgIpc) is 2.77. The summed E-state index contributed by atoms with van der Waals surface area (Å²) in [5.41, 5.74) is 0.744. The zero-order chi connectivity index (χ0) is 26.3. The molecule has 1 atom stereocenters. The van der Waals surface area contributed by atoms with Gasteiger partial charge in [-0.3, -0.25) is 13.9 Å². The molecule has 0 saturated carbocycles. The smallest absolute Gasteiger partial charge is 0.242 e. The second-order valence-electron chi connectivity index (χ2n) is 7.83. The predicted octanol–water partition coefficient (Wildman–Crippen LogP) is 5.40. The number of nitrogens with zero attached hydrogens (tertiary/aromatic N) is 2. The van der Waals surface area contributed by atoms with E-state index in [1.165, 1.54) is 17.0 Å². The number of carbonyl (C=O) groups is 2. The third-order valence-electron chi connectivity index (χ3n) is 5.24. The molecule has 7 nitrogen and oxygen atoms in total. The molecular formula is C23H27Cl4N3O4S. The van der Waals surface area contributed by atoms with Crippen LogP contribution in [0.3, 0.4) is 0 Å². The summed E-state index contributed by atoms with van der Waals surface area (Å²) < 4.78 is 26.0. The van der Waals surface area contributed by atoms with Gasteiger partial charge in [0, 0.05) is 46.7 Å². The van der Waals surface area contributed by atoms with Gasteiger partial charge in [-0.2, -0.15) is 0 Å². The molecule has 0 aliphatic heterocycles. The lowest BCUT2D eigenvalue weighted by molar-refractivity contribution is -0.140. The minimum absolute atomic E-state index is 0.0130. The molecule has 35 heavy (non-hydrogen) atoms. The van der Waals surface area contributed by atoms with Gasteiger partial charge in [-0.1, -0.05) is 52.5 Å². The van der Waals surface area contributed by atoms with Crippen LogP contribution in [-0.2, 0) is 26.2 Å². The Labute approximate surface area is 226 Å². The van der Waals surface area contributed by atoms with Gasteiger partial charge in [0.15, 0.2) is 0 Å². The summed E-state index contributed by atoms with van der Waals surface area (Å²) in [7, 11) is -3.71. The number of benzene rings is 2. The molecule has 0 fully saturated rings. The first-order valence-electron chi connectivity index (χ1n) is 10.8. The van der Waals surface area contributed by atoms with Gasteiger partial charge in [-0.15, -0.1) is 0 Å². The van der Waals surface area contributed by atoms with Crippen molar-refractivity contribution < 1.29 is 18.0 Å². The van der Waals surface area contributed by atoms with Crippen molar-refractivity contribution in [3.8, 4) is 0 Å². The Morgan fingerprint density at radius 1 is 1.03 bits per heavy atom. The quantitative estimate of drug-likeness (QED) is 0.384. The first-order chi connectivity index (χ1) is 16.4. The summed E-state index contributed by atoms with van der Waals surface area (Å²) >= 11 is 24.8. The lowest BCUT2D eigenvalue weighted by atomic mass is 10.1. The fourth-order valence-electron chi connectivity index (χ4n) is 3.42. The molecule has 192 valence electrons. The van der Waals surface area contributed by atoms with Gasteiger partial charge in [0.1, 0.15) is 6.04 Å². The summed E-state index contributed by atoms with van der Waals surface area (Å²) in [4.78, 5) is 27.2. The van der Waals surface area contributed by atoms with Crippen molar-refractivity contribution in [2.75, 3.05) is 23.7 Å². The van der Waals surface area contributed by atoms with Crippen molar-refractivity contribution in [1.82, 2.24) is 10.2 Å². The molecule has 0 unspecified atom stereocenters. The van der Waals surface area contributed by atoms with Gasteiger partial charge in [-0.05, 0) is 50.6 Å². The molecular weight excluding hydrogens is 556 g/mol. The lowest BCUT2D eigenvalue weighted by Crippen LogP contribution is -2.47. The fraction of sp³-hybridized carbons (Fsp3) is 0.391. The second kappa shape index (κ2) is 13.0. The molecule has 0 radical (unpaired) electrons. The molecule has 0 aromatic heterocycles. The number of anilines is 1. The molecule has 0 heterocycles. The van der Waals surface area contributed by atoms with Crippen molar-refractivity contribution in [2.45, 2.75) is 39.3 Å². The number of carbonyl (C=O) groups excluding carboxylic acids is 2. The number of sulfonamides is 1. The molecule has 2 amide bonds. The molecule has 2 aromatic rings. The Balaban J connectivity index is 2.24. The summed E-state index contributed by atoms with van der Waals surface area (Å²) in [6.07, 6.45) is 1.19. The van der Waals surface area contributed by atoms with Crippen LogP contribution >= 0.6 is 46.4 Å². The lowest BCUT2D eigenvalue weighted by Gasteiger charge is -2.30. The van der Waals surface area contributed by atoms with E-state index in [2.05, 4.69) is 5.32 Å².